The second-order valence-corrected chi connectivity index (χ2v) is 5.90. The molecule has 0 N–H and O–H groups in total. The van der Waals surface area contributed by atoms with Crippen LogP contribution in [0.2, 0.25) is 0 Å². The molecule has 2 aliphatic rings. The van der Waals surface area contributed by atoms with Gasteiger partial charge in [-0.15, -0.1) is 0 Å². The van der Waals surface area contributed by atoms with E-state index in [2.05, 4.69) is 49.9 Å². The number of para-hydroxylation sites is 1. The molecule has 1 saturated heterocycles. The smallest absolute Gasteiger partial charge is 0.0402 e. The lowest BCUT2D eigenvalue weighted by Crippen LogP contribution is -2.47. The van der Waals surface area contributed by atoms with Crippen molar-refractivity contribution in [1.82, 2.24) is 0 Å². The van der Waals surface area contributed by atoms with Crippen LogP contribution in [-0.4, -0.2) is 11.6 Å². The molecule has 1 heteroatoms. The maximum atomic E-state index is 2.69. The number of benzene rings is 1. The summed E-state index contributed by atoms with van der Waals surface area (Å²) in [7, 11) is 0. The zero-order valence-electron chi connectivity index (χ0n) is 10.5. The van der Waals surface area contributed by atoms with E-state index in [1.807, 2.05) is 0 Å². The van der Waals surface area contributed by atoms with E-state index in [-0.39, 0.29) is 0 Å². The quantitative estimate of drug-likeness (QED) is 0.689. The average molecular weight is 215 g/mol. The van der Waals surface area contributed by atoms with Crippen LogP contribution in [0.3, 0.4) is 0 Å². The van der Waals surface area contributed by atoms with E-state index >= 15 is 0 Å². The van der Waals surface area contributed by atoms with Gasteiger partial charge in [-0.2, -0.15) is 0 Å². The molecule has 1 aliphatic carbocycles. The molecule has 1 saturated carbocycles. The number of rotatable bonds is 1. The summed E-state index contributed by atoms with van der Waals surface area (Å²) >= 11 is 0. The Balaban J connectivity index is 2.05. The Kier molecular flexibility index (Phi) is 2.07. The molecule has 1 aliphatic heterocycles. The Morgan fingerprint density at radius 1 is 1.31 bits per heavy atom. The number of nitrogens with zero attached hydrogens (tertiary/aromatic N) is 1. The summed E-state index contributed by atoms with van der Waals surface area (Å²) in [4.78, 5) is 2.69. The highest BCUT2D eigenvalue weighted by molar-refractivity contribution is 5.58. The van der Waals surface area contributed by atoms with Gasteiger partial charge in [0, 0.05) is 17.3 Å². The molecule has 3 rings (SSSR count). The van der Waals surface area contributed by atoms with Crippen molar-refractivity contribution >= 4 is 5.69 Å². The Hall–Kier alpha value is -0.980. The van der Waals surface area contributed by atoms with Gasteiger partial charge in [0.25, 0.3) is 0 Å². The van der Waals surface area contributed by atoms with Crippen molar-refractivity contribution in [2.24, 2.45) is 5.92 Å². The van der Waals surface area contributed by atoms with Crippen molar-refractivity contribution < 1.29 is 0 Å². The van der Waals surface area contributed by atoms with E-state index in [1.54, 1.807) is 0 Å². The van der Waals surface area contributed by atoms with Gasteiger partial charge in [0.15, 0.2) is 0 Å². The van der Waals surface area contributed by atoms with Gasteiger partial charge in [-0.3, -0.25) is 0 Å². The summed E-state index contributed by atoms with van der Waals surface area (Å²) in [5.41, 5.74) is 3.30. The van der Waals surface area contributed by atoms with Gasteiger partial charge in [0.05, 0.1) is 0 Å². The van der Waals surface area contributed by atoms with E-state index in [1.165, 1.54) is 30.5 Å². The SMILES string of the molecule is Cc1ccccc1N1[C@@H](C)C2CCC1(C)C2. The first-order valence-electron chi connectivity index (χ1n) is 6.47. The average Bonchev–Trinajstić information content (AvgIpc) is 2.74. The van der Waals surface area contributed by atoms with Crippen LogP contribution in [0, 0.1) is 12.8 Å². The van der Waals surface area contributed by atoms with E-state index in [0.29, 0.717) is 5.54 Å². The third-order valence-electron chi connectivity index (χ3n) is 4.80. The molecule has 0 amide bonds. The molecule has 0 spiro atoms. The summed E-state index contributed by atoms with van der Waals surface area (Å²) in [6, 6.07) is 9.56. The summed E-state index contributed by atoms with van der Waals surface area (Å²) < 4.78 is 0. The molecular weight excluding hydrogens is 194 g/mol. The Labute approximate surface area is 98.5 Å². The highest BCUT2D eigenvalue weighted by Gasteiger charge is 2.51. The fraction of sp³-hybridized carbons (Fsp3) is 0.600. The number of hydrogen-bond acceptors (Lipinski definition) is 1. The lowest BCUT2D eigenvalue weighted by molar-refractivity contribution is 0.402. The Bertz CT molecular complexity index is 412. The number of aryl methyl sites for hydroxylation is 1. The second kappa shape index (κ2) is 3.26. The number of anilines is 1. The molecular formula is C15H21N. The van der Waals surface area contributed by atoms with Gasteiger partial charge in [0.2, 0.25) is 0 Å². The third kappa shape index (κ3) is 1.24. The van der Waals surface area contributed by atoms with Crippen molar-refractivity contribution in [2.45, 2.75) is 51.6 Å². The first-order valence-corrected chi connectivity index (χ1v) is 6.47. The zero-order chi connectivity index (χ0) is 11.3. The molecule has 1 nitrogen and oxygen atoms in total. The summed E-state index contributed by atoms with van der Waals surface area (Å²) in [5.74, 6) is 0.921. The minimum absolute atomic E-state index is 0.427. The number of hydrogen-bond donors (Lipinski definition) is 0. The number of piperidine rings is 1. The van der Waals surface area contributed by atoms with E-state index in [4.69, 9.17) is 0 Å². The minimum Gasteiger partial charge on any atom is -0.363 e. The Morgan fingerprint density at radius 3 is 2.69 bits per heavy atom. The van der Waals surface area contributed by atoms with Gasteiger partial charge in [0.1, 0.15) is 0 Å². The van der Waals surface area contributed by atoms with E-state index < -0.39 is 0 Å². The molecule has 1 aromatic rings. The molecule has 0 aromatic heterocycles. The van der Waals surface area contributed by atoms with Crippen LogP contribution in [0.25, 0.3) is 0 Å². The van der Waals surface area contributed by atoms with Gasteiger partial charge in [-0.1, -0.05) is 18.2 Å². The molecule has 16 heavy (non-hydrogen) atoms. The van der Waals surface area contributed by atoms with E-state index in [9.17, 15) is 0 Å². The van der Waals surface area contributed by atoms with Gasteiger partial charge in [-0.05, 0) is 57.6 Å². The first kappa shape index (κ1) is 10.2. The maximum absolute atomic E-state index is 2.69. The van der Waals surface area contributed by atoms with Crippen LogP contribution in [0.5, 0.6) is 0 Å². The van der Waals surface area contributed by atoms with Gasteiger partial charge >= 0.3 is 0 Å². The Morgan fingerprint density at radius 2 is 2.06 bits per heavy atom. The predicted molar refractivity (Wildman–Crippen MR) is 68.9 cm³/mol. The minimum atomic E-state index is 0.427. The molecule has 1 heterocycles. The summed E-state index contributed by atoms with van der Waals surface area (Å²) in [6.45, 7) is 7.09. The second-order valence-electron chi connectivity index (χ2n) is 5.90. The first-order chi connectivity index (χ1) is 7.62. The normalized spacial score (nSPS) is 37.1. The van der Waals surface area contributed by atoms with Crippen LogP contribution < -0.4 is 4.90 Å². The summed E-state index contributed by atoms with van der Waals surface area (Å²) in [6.07, 6.45) is 4.19. The van der Waals surface area contributed by atoms with Crippen LogP contribution in [0.1, 0.15) is 38.7 Å². The molecule has 2 bridgehead atoms. The lowest BCUT2D eigenvalue weighted by atomic mass is 9.95. The largest absolute Gasteiger partial charge is 0.363 e. The maximum Gasteiger partial charge on any atom is 0.0402 e. The number of fused-ring (bicyclic) bond motifs is 2. The fourth-order valence-corrected chi connectivity index (χ4v) is 3.94. The fourth-order valence-electron chi connectivity index (χ4n) is 3.94. The van der Waals surface area contributed by atoms with Crippen LogP contribution >= 0.6 is 0 Å². The molecule has 86 valence electrons. The third-order valence-corrected chi connectivity index (χ3v) is 4.80. The van der Waals surface area contributed by atoms with Crippen LogP contribution in [0.4, 0.5) is 5.69 Å². The molecule has 2 fully saturated rings. The standard InChI is InChI=1S/C15H21N/c1-11-6-4-5-7-14(11)16-12(2)13-8-9-15(16,3)10-13/h4-7,12-13H,8-10H2,1-3H3/t12-,13?,15?/m0/s1. The van der Waals surface area contributed by atoms with Gasteiger partial charge < -0.3 is 4.90 Å². The topological polar surface area (TPSA) is 3.24 Å². The molecule has 2 unspecified atom stereocenters. The van der Waals surface area contributed by atoms with Crippen molar-refractivity contribution in [3.8, 4) is 0 Å². The van der Waals surface area contributed by atoms with Crippen molar-refractivity contribution in [2.75, 3.05) is 4.90 Å². The lowest BCUT2D eigenvalue weighted by Gasteiger charge is -2.42. The van der Waals surface area contributed by atoms with E-state index in [0.717, 1.165) is 12.0 Å². The van der Waals surface area contributed by atoms with Crippen molar-refractivity contribution in [1.29, 1.82) is 0 Å². The van der Waals surface area contributed by atoms with Crippen molar-refractivity contribution in [3.05, 3.63) is 29.8 Å². The zero-order valence-corrected chi connectivity index (χ0v) is 10.5. The highest BCUT2D eigenvalue weighted by atomic mass is 15.3. The molecule has 3 atom stereocenters. The van der Waals surface area contributed by atoms with Crippen molar-refractivity contribution in [3.63, 3.8) is 0 Å². The monoisotopic (exact) mass is 215 g/mol. The summed E-state index contributed by atoms with van der Waals surface area (Å²) in [5, 5.41) is 0. The molecule has 1 aromatic carbocycles. The molecule has 0 radical (unpaired) electrons. The van der Waals surface area contributed by atoms with Crippen LogP contribution in [0.15, 0.2) is 24.3 Å². The highest BCUT2D eigenvalue weighted by Crippen LogP contribution is 2.52. The van der Waals surface area contributed by atoms with Crippen LogP contribution in [-0.2, 0) is 0 Å². The predicted octanol–water partition coefficient (Wildman–Crippen LogP) is 3.76. The van der Waals surface area contributed by atoms with Gasteiger partial charge in [-0.25, -0.2) is 0 Å².